The van der Waals surface area contributed by atoms with Crippen LogP contribution in [0, 0.1) is 5.92 Å². The van der Waals surface area contributed by atoms with Crippen LogP contribution in [0.1, 0.15) is 30.6 Å². The van der Waals surface area contributed by atoms with Crippen molar-refractivity contribution in [3.05, 3.63) is 28.8 Å². The third-order valence-electron chi connectivity index (χ3n) is 2.80. The molecule has 94 valence electrons. The number of nitrogens with one attached hydrogen (secondary N) is 2. The molecule has 0 aliphatic rings. The molecule has 0 saturated carbocycles. The van der Waals surface area contributed by atoms with Crippen LogP contribution in [0.15, 0.2) is 18.2 Å². The Balaban J connectivity index is 2.77. The number of benzene rings is 1. The summed E-state index contributed by atoms with van der Waals surface area (Å²) < 4.78 is 0. The van der Waals surface area contributed by atoms with Crippen LogP contribution in [-0.2, 0) is 0 Å². The molecule has 4 heteroatoms. The molecule has 1 aromatic rings. The van der Waals surface area contributed by atoms with Crippen LogP contribution in [0.4, 0.5) is 5.69 Å². The van der Waals surface area contributed by atoms with Gasteiger partial charge in [0.25, 0.3) is 5.91 Å². The normalized spacial score (nSPS) is 12.0. The number of amides is 1. The van der Waals surface area contributed by atoms with Crippen molar-refractivity contribution in [2.24, 2.45) is 5.92 Å². The van der Waals surface area contributed by atoms with Gasteiger partial charge in [0.15, 0.2) is 0 Å². The molecule has 0 aliphatic carbocycles. The molecule has 0 saturated heterocycles. The molecular formula is C13H19ClN2O. The quantitative estimate of drug-likeness (QED) is 0.848. The second-order valence-electron chi connectivity index (χ2n) is 4.16. The molecule has 1 unspecified atom stereocenters. The van der Waals surface area contributed by atoms with E-state index in [1.165, 1.54) is 0 Å². The maximum Gasteiger partial charge on any atom is 0.253 e. The first-order chi connectivity index (χ1) is 8.08. The van der Waals surface area contributed by atoms with E-state index in [0.29, 0.717) is 23.0 Å². The zero-order chi connectivity index (χ0) is 12.8. The van der Waals surface area contributed by atoms with Gasteiger partial charge in [-0.3, -0.25) is 4.79 Å². The van der Waals surface area contributed by atoms with E-state index in [-0.39, 0.29) is 5.91 Å². The van der Waals surface area contributed by atoms with Gasteiger partial charge in [-0.05, 0) is 24.1 Å². The van der Waals surface area contributed by atoms with Crippen LogP contribution in [0.2, 0.25) is 5.02 Å². The Hall–Kier alpha value is -1.22. The molecule has 1 amide bonds. The van der Waals surface area contributed by atoms with Gasteiger partial charge in [-0.2, -0.15) is 0 Å². The Morgan fingerprint density at radius 2 is 2.18 bits per heavy atom. The maximum atomic E-state index is 12.0. The molecule has 1 aromatic carbocycles. The van der Waals surface area contributed by atoms with Crippen LogP contribution in [0.25, 0.3) is 0 Å². The third-order valence-corrected chi connectivity index (χ3v) is 3.04. The standard InChI is InChI=1S/C13H19ClN2O/c1-4-9(2)8-16-13(17)11-7-10(14)5-6-12(11)15-3/h5-7,9,15H,4,8H2,1-3H3,(H,16,17). The molecule has 1 rings (SSSR count). The monoisotopic (exact) mass is 254 g/mol. The van der Waals surface area contributed by atoms with Gasteiger partial charge in [0.1, 0.15) is 0 Å². The van der Waals surface area contributed by atoms with Gasteiger partial charge in [0.2, 0.25) is 0 Å². The van der Waals surface area contributed by atoms with E-state index in [0.717, 1.165) is 12.1 Å². The van der Waals surface area contributed by atoms with E-state index in [4.69, 9.17) is 11.6 Å². The number of carbonyl (C=O) groups excluding carboxylic acids is 1. The lowest BCUT2D eigenvalue weighted by molar-refractivity contribution is 0.0948. The second kappa shape index (κ2) is 6.50. The summed E-state index contributed by atoms with van der Waals surface area (Å²) in [7, 11) is 1.79. The molecule has 1 atom stereocenters. The van der Waals surface area contributed by atoms with Crippen LogP contribution >= 0.6 is 11.6 Å². The number of anilines is 1. The SMILES string of the molecule is CCC(C)CNC(=O)c1cc(Cl)ccc1NC. The fourth-order valence-electron chi connectivity index (χ4n) is 1.43. The van der Waals surface area contributed by atoms with Gasteiger partial charge in [0, 0.05) is 24.3 Å². The number of hydrogen-bond donors (Lipinski definition) is 2. The molecule has 17 heavy (non-hydrogen) atoms. The van der Waals surface area contributed by atoms with Crippen LogP contribution in [0.3, 0.4) is 0 Å². The fourth-order valence-corrected chi connectivity index (χ4v) is 1.60. The molecular weight excluding hydrogens is 236 g/mol. The Kier molecular flexibility index (Phi) is 5.29. The summed E-state index contributed by atoms with van der Waals surface area (Å²) in [6.07, 6.45) is 1.05. The number of halogens is 1. The second-order valence-corrected chi connectivity index (χ2v) is 4.60. The van der Waals surface area contributed by atoms with Crippen molar-refractivity contribution < 1.29 is 4.79 Å². The summed E-state index contributed by atoms with van der Waals surface area (Å²) in [5.41, 5.74) is 1.37. The van der Waals surface area contributed by atoms with Gasteiger partial charge >= 0.3 is 0 Å². The lowest BCUT2D eigenvalue weighted by Crippen LogP contribution is -2.28. The van der Waals surface area contributed by atoms with Crippen molar-refractivity contribution >= 4 is 23.2 Å². The Bertz CT molecular complexity index is 393. The summed E-state index contributed by atoms with van der Waals surface area (Å²) >= 11 is 5.90. The van der Waals surface area contributed by atoms with Gasteiger partial charge in [-0.15, -0.1) is 0 Å². The molecule has 0 fully saturated rings. The predicted octanol–water partition coefficient (Wildman–Crippen LogP) is 3.16. The molecule has 0 bridgehead atoms. The van der Waals surface area contributed by atoms with Gasteiger partial charge in [-0.25, -0.2) is 0 Å². The minimum Gasteiger partial charge on any atom is -0.387 e. The fraction of sp³-hybridized carbons (Fsp3) is 0.462. The molecule has 0 aromatic heterocycles. The maximum absolute atomic E-state index is 12.0. The summed E-state index contributed by atoms with van der Waals surface area (Å²) in [6.45, 7) is 4.90. The van der Waals surface area contributed by atoms with Crippen molar-refractivity contribution in [2.75, 3.05) is 18.9 Å². The van der Waals surface area contributed by atoms with E-state index in [2.05, 4.69) is 24.5 Å². The van der Waals surface area contributed by atoms with Crippen molar-refractivity contribution in [2.45, 2.75) is 20.3 Å². The van der Waals surface area contributed by atoms with Crippen LogP contribution in [-0.4, -0.2) is 19.5 Å². The van der Waals surface area contributed by atoms with Gasteiger partial charge in [0.05, 0.1) is 5.56 Å². The molecule has 2 N–H and O–H groups in total. The van der Waals surface area contributed by atoms with E-state index in [9.17, 15) is 4.79 Å². The lowest BCUT2D eigenvalue weighted by Gasteiger charge is -2.13. The van der Waals surface area contributed by atoms with Crippen molar-refractivity contribution in [3.63, 3.8) is 0 Å². The van der Waals surface area contributed by atoms with Crippen LogP contribution < -0.4 is 10.6 Å². The first-order valence-electron chi connectivity index (χ1n) is 5.84. The molecule has 3 nitrogen and oxygen atoms in total. The zero-order valence-corrected chi connectivity index (χ0v) is 11.3. The minimum absolute atomic E-state index is 0.0860. The highest BCUT2D eigenvalue weighted by Crippen LogP contribution is 2.20. The van der Waals surface area contributed by atoms with E-state index in [1.54, 1.807) is 25.2 Å². The Labute approximate surface area is 108 Å². The molecule has 0 heterocycles. The average molecular weight is 255 g/mol. The first kappa shape index (κ1) is 13.8. The summed E-state index contributed by atoms with van der Waals surface area (Å²) in [4.78, 5) is 12.0. The highest BCUT2D eigenvalue weighted by molar-refractivity contribution is 6.31. The smallest absolute Gasteiger partial charge is 0.253 e. The zero-order valence-electron chi connectivity index (χ0n) is 10.5. The van der Waals surface area contributed by atoms with E-state index >= 15 is 0 Å². The predicted molar refractivity (Wildman–Crippen MR) is 72.8 cm³/mol. The highest BCUT2D eigenvalue weighted by atomic mass is 35.5. The Morgan fingerprint density at radius 3 is 2.76 bits per heavy atom. The van der Waals surface area contributed by atoms with Crippen molar-refractivity contribution in [1.82, 2.24) is 5.32 Å². The summed E-state index contributed by atoms with van der Waals surface area (Å²) in [6, 6.07) is 5.25. The average Bonchev–Trinajstić information content (AvgIpc) is 2.35. The minimum atomic E-state index is -0.0860. The van der Waals surface area contributed by atoms with Gasteiger partial charge in [-0.1, -0.05) is 31.9 Å². The Morgan fingerprint density at radius 1 is 1.47 bits per heavy atom. The molecule has 0 aliphatic heterocycles. The lowest BCUT2D eigenvalue weighted by atomic mass is 10.1. The first-order valence-corrected chi connectivity index (χ1v) is 6.21. The van der Waals surface area contributed by atoms with E-state index < -0.39 is 0 Å². The molecule has 0 spiro atoms. The largest absolute Gasteiger partial charge is 0.387 e. The van der Waals surface area contributed by atoms with Crippen molar-refractivity contribution in [3.8, 4) is 0 Å². The summed E-state index contributed by atoms with van der Waals surface area (Å²) in [5.74, 6) is 0.397. The highest BCUT2D eigenvalue weighted by Gasteiger charge is 2.11. The van der Waals surface area contributed by atoms with E-state index in [1.807, 2.05) is 0 Å². The molecule has 0 radical (unpaired) electrons. The third kappa shape index (κ3) is 3.93. The topological polar surface area (TPSA) is 41.1 Å². The number of rotatable bonds is 5. The number of carbonyl (C=O) groups is 1. The van der Waals surface area contributed by atoms with Crippen LogP contribution in [0.5, 0.6) is 0 Å². The van der Waals surface area contributed by atoms with Gasteiger partial charge < -0.3 is 10.6 Å². The van der Waals surface area contributed by atoms with Crippen molar-refractivity contribution in [1.29, 1.82) is 0 Å². The number of hydrogen-bond acceptors (Lipinski definition) is 2. The summed E-state index contributed by atoms with van der Waals surface area (Å²) in [5, 5.41) is 6.47.